The smallest absolute Gasteiger partial charge is 0.317 e. The van der Waals surface area contributed by atoms with Gasteiger partial charge in [0.1, 0.15) is 0 Å². The maximum absolute atomic E-state index is 12.4. The van der Waals surface area contributed by atoms with Gasteiger partial charge in [-0.3, -0.25) is 14.7 Å². The Labute approximate surface area is 165 Å². The molecular formula is C20H41N5O2. The predicted molar refractivity (Wildman–Crippen MR) is 110 cm³/mol. The number of aliphatic hydroxyl groups is 1. The topological polar surface area (TPSA) is 62.3 Å². The van der Waals surface area contributed by atoms with Gasteiger partial charge >= 0.3 is 6.03 Å². The van der Waals surface area contributed by atoms with Crippen molar-refractivity contribution in [3.63, 3.8) is 0 Å². The van der Waals surface area contributed by atoms with Gasteiger partial charge in [-0.25, -0.2) is 4.79 Å². The Morgan fingerprint density at radius 2 is 1.52 bits per heavy atom. The van der Waals surface area contributed by atoms with Crippen LogP contribution in [0.1, 0.15) is 41.0 Å². The van der Waals surface area contributed by atoms with Crippen LogP contribution in [0.5, 0.6) is 0 Å². The van der Waals surface area contributed by atoms with Crippen LogP contribution < -0.4 is 5.32 Å². The summed E-state index contributed by atoms with van der Waals surface area (Å²) in [5.74, 6) is 0. The molecule has 2 fully saturated rings. The van der Waals surface area contributed by atoms with E-state index >= 15 is 0 Å². The van der Waals surface area contributed by atoms with E-state index in [1.807, 2.05) is 18.7 Å². The first-order chi connectivity index (χ1) is 12.7. The zero-order valence-electron chi connectivity index (χ0n) is 18.1. The highest BCUT2D eigenvalue weighted by atomic mass is 16.3. The van der Waals surface area contributed by atoms with Gasteiger partial charge in [-0.2, -0.15) is 0 Å². The van der Waals surface area contributed by atoms with Crippen molar-refractivity contribution in [2.45, 2.75) is 58.7 Å². The number of rotatable bonds is 7. The standard InChI is InChI=1S/C20H41N5O2/c1-17(2)23-12-14-25(15-13-23)19(26)21-7-6-18(3)24-10-8-22(9-11-24)16-20(4,5)27/h17-18,27H,6-16H2,1-5H3,(H,21,26). The van der Waals surface area contributed by atoms with Crippen molar-refractivity contribution < 1.29 is 9.90 Å². The molecule has 0 radical (unpaired) electrons. The van der Waals surface area contributed by atoms with Crippen molar-refractivity contribution >= 4 is 6.03 Å². The van der Waals surface area contributed by atoms with Crippen molar-refractivity contribution in [3.05, 3.63) is 0 Å². The molecule has 2 amide bonds. The summed E-state index contributed by atoms with van der Waals surface area (Å²) >= 11 is 0. The highest BCUT2D eigenvalue weighted by Gasteiger charge is 2.25. The van der Waals surface area contributed by atoms with E-state index in [4.69, 9.17) is 0 Å². The lowest BCUT2D eigenvalue weighted by atomic mass is 10.1. The minimum absolute atomic E-state index is 0.0839. The van der Waals surface area contributed by atoms with E-state index in [1.165, 1.54) is 0 Å². The second-order valence-corrected chi connectivity index (χ2v) is 9.11. The Morgan fingerprint density at radius 1 is 0.963 bits per heavy atom. The lowest BCUT2D eigenvalue weighted by Gasteiger charge is -2.40. The lowest BCUT2D eigenvalue weighted by molar-refractivity contribution is 0.0117. The van der Waals surface area contributed by atoms with E-state index in [0.717, 1.165) is 71.9 Å². The maximum Gasteiger partial charge on any atom is 0.317 e. The van der Waals surface area contributed by atoms with Crippen molar-refractivity contribution in [1.82, 2.24) is 24.9 Å². The molecule has 7 heteroatoms. The molecule has 0 aromatic rings. The summed E-state index contributed by atoms with van der Waals surface area (Å²) in [5, 5.41) is 13.1. The van der Waals surface area contributed by atoms with Crippen LogP contribution in [0.25, 0.3) is 0 Å². The second-order valence-electron chi connectivity index (χ2n) is 9.11. The first-order valence-corrected chi connectivity index (χ1v) is 10.6. The summed E-state index contributed by atoms with van der Waals surface area (Å²) in [6, 6.07) is 1.10. The first-order valence-electron chi connectivity index (χ1n) is 10.6. The molecule has 158 valence electrons. The molecule has 0 bridgehead atoms. The fraction of sp³-hybridized carbons (Fsp3) is 0.950. The fourth-order valence-corrected chi connectivity index (χ4v) is 4.03. The highest BCUT2D eigenvalue weighted by Crippen LogP contribution is 2.12. The van der Waals surface area contributed by atoms with Gasteiger partial charge in [0.2, 0.25) is 0 Å². The quantitative estimate of drug-likeness (QED) is 0.684. The number of piperazine rings is 2. The van der Waals surface area contributed by atoms with E-state index < -0.39 is 5.60 Å². The van der Waals surface area contributed by atoms with E-state index in [0.29, 0.717) is 12.1 Å². The Kier molecular flexibility index (Phi) is 8.34. The van der Waals surface area contributed by atoms with Gasteiger partial charge in [0.15, 0.2) is 0 Å². The molecule has 2 aliphatic rings. The maximum atomic E-state index is 12.4. The lowest BCUT2D eigenvalue weighted by Crippen LogP contribution is -2.54. The molecule has 27 heavy (non-hydrogen) atoms. The van der Waals surface area contributed by atoms with Gasteiger partial charge in [-0.05, 0) is 41.0 Å². The average molecular weight is 384 g/mol. The monoisotopic (exact) mass is 383 g/mol. The van der Waals surface area contributed by atoms with Gasteiger partial charge in [-0.15, -0.1) is 0 Å². The number of hydrogen-bond acceptors (Lipinski definition) is 5. The predicted octanol–water partition coefficient (Wildman–Crippen LogP) is 0.889. The van der Waals surface area contributed by atoms with E-state index in [-0.39, 0.29) is 6.03 Å². The normalized spacial score (nSPS) is 22.3. The van der Waals surface area contributed by atoms with Crippen LogP contribution in [0.15, 0.2) is 0 Å². The van der Waals surface area contributed by atoms with Crippen molar-refractivity contribution in [3.8, 4) is 0 Å². The summed E-state index contributed by atoms with van der Waals surface area (Å²) in [7, 11) is 0. The van der Waals surface area contributed by atoms with Crippen LogP contribution in [0.4, 0.5) is 4.79 Å². The fourth-order valence-electron chi connectivity index (χ4n) is 4.03. The minimum atomic E-state index is -0.626. The van der Waals surface area contributed by atoms with Crippen LogP contribution in [0, 0.1) is 0 Å². The molecule has 0 aromatic carbocycles. The molecule has 2 aliphatic heterocycles. The van der Waals surface area contributed by atoms with Crippen molar-refractivity contribution in [2.24, 2.45) is 0 Å². The van der Waals surface area contributed by atoms with Gasteiger partial charge < -0.3 is 15.3 Å². The highest BCUT2D eigenvalue weighted by molar-refractivity contribution is 5.74. The second kappa shape index (κ2) is 10.0. The van der Waals surface area contributed by atoms with E-state index in [2.05, 4.69) is 40.8 Å². The van der Waals surface area contributed by atoms with Crippen LogP contribution in [0.3, 0.4) is 0 Å². The summed E-state index contributed by atoms with van der Waals surface area (Å²) in [6.07, 6.45) is 0.975. The molecule has 0 aromatic heterocycles. The average Bonchev–Trinajstić information content (AvgIpc) is 2.60. The molecular weight excluding hydrogens is 342 g/mol. The summed E-state index contributed by atoms with van der Waals surface area (Å²) in [5.41, 5.74) is -0.626. The van der Waals surface area contributed by atoms with Gasteiger partial charge in [0.25, 0.3) is 0 Å². The third-order valence-corrected chi connectivity index (χ3v) is 5.81. The zero-order valence-corrected chi connectivity index (χ0v) is 18.1. The molecule has 2 rings (SSSR count). The number of hydrogen-bond donors (Lipinski definition) is 2. The van der Waals surface area contributed by atoms with Crippen LogP contribution in [-0.2, 0) is 0 Å². The first kappa shape index (κ1) is 22.4. The summed E-state index contributed by atoms with van der Waals surface area (Å²) < 4.78 is 0. The molecule has 0 aliphatic carbocycles. The largest absolute Gasteiger partial charge is 0.389 e. The molecule has 1 unspecified atom stereocenters. The van der Waals surface area contributed by atoms with Crippen LogP contribution in [-0.4, -0.2) is 114 Å². The van der Waals surface area contributed by atoms with E-state index in [1.54, 1.807) is 0 Å². The van der Waals surface area contributed by atoms with Gasteiger partial charge in [-0.1, -0.05) is 0 Å². The van der Waals surface area contributed by atoms with E-state index in [9.17, 15) is 9.90 Å². The van der Waals surface area contributed by atoms with Gasteiger partial charge in [0.05, 0.1) is 5.60 Å². The number of carbonyl (C=O) groups is 1. The molecule has 2 saturated heterocycles. The van der Waals surface area contributed by atoms with Crippen molar-refractivity contribution in [2.75, 3.05) is 65.4 Å². The summed E-state index contributed by atoms with van der Waals surface area (Å²) in [6.45, 7) is 19.5. The Balaban J connectivity index is 1.61. The molecule has 0 saturated carbocycles. The molecule has 2 N–H and O–H groups in total. The molecule has 2 heterocycles. The SMILES string of the molecule is CC(C)N1CCN(C(=O)NCCC(C)N2CCN(CC(C)(C)O)CC2)CC1. The Hall–Kier alpha value is -0.890. The number of nitrogens with one attached hydrogen (secondary N) is 1. The number of carbonyl (C=O) groups excluding carboxylic acids is 1. The van der Waals surface area contributed by atoms with Crippen LogP contribution in [0.2, 0.25) is 0 Å². The van der Waals surface area contributed by atoms with Crippen molar-refractivity contribution in [1.29, 1.82) is 0 Å². The minimum Gasteiger partial charge on any atom is -0.389 e. The van der Waals surface area contributed by atoms with Gasteiger partial charge in [0, 0.05) is 77.5 Å². The molecule has 7 nitrogen and oxygen atoms in total. The summed E-state index contributed by atoms with van der Waals surface area (Å²) in [4.78, 5) is 21.6. The number of urea groups is 1. The third kappa shape index (κ3) is 7.56. The third-order valence-electron chi connectivity index (χ3n) is 5.81. The number of nitrogens with zero attached hydrogens (tertiary/aromatic N) is 4. The molecule has 1 atom stereocenters. The van der Waals surface area contributed by atoms with Crippen LogP contribution >= 0.6 is 0 Å². The zero-order chi connectivity index (χ0) is 20.0. The molecule has 0 spiro atoms. The Bertz CT molecular complexity index is 450. The number of β-amino-alcohol motifs (C(OH)–C–C–N with tert-alkyl or cyclic N) is 1. The Morgan fingerprint density at radius 3 is 2.04 bits per heavy atom. The number of amides is 2.